The fourth-order valence-electron chi connectivity index (χ4n) is 3.33. The van der Waals surface area contributed by atoms with Crippen LogP contribution in [0, 0.1) is 5.92 Å². The van der Waals surface area contributed by atoms with E-state index in [1.807, 2.05) is 13.1 Å². The minimum Gasteiger partial charge on any atom is -0.376 e. The predicted octanol–water partition coefficient (Wildman–Crippen LogP) is 4.58. The fourth-order valence-corrected chi connectivity index (χ4v) is 4.11. The van der Waals surface area contributed by atoms with Crippen molar-refractivity contribution in [2.75, 3.05) is 33.3 Å². The molecule has 4 nitrogen and oxygen atoms in total. The first-order valence-corrected chi connectivity index (χ1v) is 10.3. The predicted molar refractivity (Wildman–Crippen MR) is 125 cm³/mol. The maximum atomic E-state index is 5.93. The van der Waals surface area contributed by atoms with Gasteiger partial charge in [0.2, 0.25) is 0 Å². The first kappa shape index (κ1) is 22.2. The van der Waals surface area contributed by atoms with Gasteiger partial charge >= 0.3 is 0 Å². The van der Waals surface area contributed by atoms with E-state index in [4.69, 9.17) is 4.74 Å². The number of halogens is 1. The van der Waals surface area contributed by atoms with Gasteiger partial charge < -0.3 is 15.0 Å². The molecule has 1 fully saturated rings. The van der Waals surface area contributed by atoms with Crippen LogP contribution in [0.4, 0.5) is 0 Å². The topological polar surface area (TPSA) is 36.9 Å². The Labute approximate surface area is 184 Å². The molecule has 2 unspecified atom stereocenters. The van der Waals surface area contributed by atoms with E-state index in [0.717, 1.165) is 38.6 Å². The number of benzene rings is 1. The van der Waals surface area contributed by atoms with Crippen molar-refractivity contribution in [3.05, 3.63) is 58.3 Å². The van der Waals surface area contributed by atoms with Crippen LogP contribution in [0.2, 0.25) is 0 Å². The van der Waals surface area contributed by atoms with E-state index in [-0.39, 0.29) is 24.0 Å². The smallest absolute Gasteiger partial charge is 0.193 e. The number of ether oxygens (including phenoxy) is 1. The molecule has 2 aromatic rings. The molecule has 1 aromatic carbocycles. The summed E-state index contributed by atoms with van der Waals surface area (Å²) in [6.45, 7) is 6.74. The van der Waals surface area contributed by atoms with Gasteiger partial charge in [0.25, 0.3) is 0 Å². The molecule has 0 amide bonds. The van der Waals surface area contributed by atoms with Crippen LogP contribution in [-0.2, 0) is 11.3 Å². The Morgan fingerprint density at radius 3 is 2.85 bits per heavy atom. The molecule has 148 valence electrons. The Bertz CT molecular complexity index is 678. The van der Waals surface area contributed by atoms with Gasteiger partial charge in [-0.3, -0.25) is 4.99 Å². The highest BCUT2D eigenvalue weighted by atomic mass is 127. The zero-order valence-corrected chi connectivity index (χ0v) is 19.3. The number of aliphatic imine (C=N–C) groups is 1. The summed E-state index contributed by atoms with van der Waals surface area (Å²) < 4.78 is 5.93. The third-order valence-corrected chi connectivity index (χ3v) is 5.64. The van der Waals surface area contributed by atoms with Gasteiger partial charge in [-0.15, -0.1) is 24.0 Å². The Morgan fingerprint density at radius 2 is 2.15 bits per heavy atom. The number of nitrogens with one attached hydrogen (secondary N) is 1. The third kappa shape index (κ3) is 6.76. The van der Waals surface area contributed by atoms with Gasteiger partial charge in [0.1, 0.15) is 0 Å². The Kier molecular flexibility index (Phi) is 9.58. The van der Waals surface area contributed by atoms with Crippen molar-refractivity contribution in [3.8, 4) is 0 Å². The molecule has 0 spiro atoms. The number of likely N-dealkylation sites (tertiary alicyclic amines) is 1. The van der Waals surface area contributed by atoms with Crippen molar-refractivity contribution in [1.82, 2.24) is 10.2 Å². The summed E-state index contributed by atoms with van der Waals surface area (Å²) in [7, 11) is 1.87. The summed E-state index contributed by atoms with van der Waals surface area (Å²) in [5.41, 5.74) is 2.63. The monoisotopic (exact) mass is 499 g/mol. The molecule has 6 heteroatoms. The highest BCUT2D eigenvalue weighted by molar-refractivity contribution is 14.0. The van der Waals surface area contributed by atoms with E-state index in [0.29, 0.717) is 18.4 Å². The molecule has 27 heavy (non-hydrogen) atoms. The second kappa shape index (κ2) is 11.7. The van der Waals surface area contributed by atoms with Crippen LogP contribution >= 0.6 is 35.3 Å². The van der Waals surface area contributed by atoms with Gasteiger partial charge in [-0.05, 0) is 40.3 Å². The Hall–Kier alpha value is -1.12. The van der Waals surface area contributed by atoms with Crippen molar-refractivity contribution in [2.45, 2.75) is 25.9 Å². The van der Waals surface area contributed by atoms with Gasteiger partial charge in [0.15, 0.2) is 5.96 Å². The second-order valence-corrected chi connectivity index (χ2v) is 7.77. The van der Waals surface area contributed by atoms with Gasteiger partial charge in [-0.2, -0.15) is 11.3 Å². The lowest BCUT2D eigenvalue weighted by molar-refractivity contribution is 0.0906. The molecule has 1 aliphatic heterocycles. The molecule has 1 aliphatic rings. The average Bonchev–Trinajstić information content (AvgIpc) is 3.35. The summed E-state index contributed by atoms with van der Waals surface area (Å²) >= 11 is 1.76. The first-order valence-electron chi connectivity index (χ1n) is 9.35. The maximum Gasteiger partial charge on any atom is 0.193 e. The molecule has 0 bridgehead atoms. The number of rotatable bonds is 7. The molecule has 2 heterocycles. The van der Waals surface area contributed by atoms with Crippen molar-refractivity contribution >= 4 is 41.3 Å². The first-order chi connectivity index (χ1) is 12.8. The highest BCUT2D eigenvalue weighted by Crippen LogP contribution is 2.19. The fraction of sp³-hybridized carbons (Fsp3) is 0.476. The summed E-state index contributed by atoms with van der Waals surface area (Å²) in [6.07, 6.45) is 1.16. The van der Waals surface area contributed by atoms with E-state index < -0.39 is 0 Å². The largest absolute Gasteiger partial charge is 0.376 e. The lowest BCUT2D eigenvalue weighted by Gasteiger charge is -2.23. The second-order valence-electron chi connectivity index (χ2n) is 6.99. The summed E-state index contributed by atoms with van der Waals surface area (Å²) in [5.74, 6) is 2.08. The molecule has 2 atom stereocenters. The third-order valence-electron chi connectivity index (χ3n) is 4.94. The lowest BCUT2D eigenvalue weighted by atomic mass is 10.1. The van der Waals surface area contributed by atoms with Crippen LogP contribution in [0.15, 0.2) is 52.2 Å². The zero-order chi connectivity index (χ0) is 18.2. The zero-order valence-electron chi connectivity index (χ0n) is 16.1. The van der Waals surface area contributed by atoms with E-state index in [2.05, 4.69) is 63.2 Å². The number of hydrogen-bond donors (Lipinski definition) is 1. The van der Waals surface area contributed by atoms with Crippen molar-refractivity contribution in [2.24, 2.45) is 10.9 Å². The molecule has 1 N–H and O–H groups in total. The van der Waals surface area contributed by atoms with E-state index in [9.17, 15) is 0 Å². The summed E-state index contributed by atoms with van der Waals surface area (Å²) in [5, 5.41) is 7.91. The van der Waals surface area contributed by atoms with Crippen LogP contribution in [0.25, 0.3) is 0 Å². The number of thiophene rings is 1. The molecule has 0 saturated carbocycles. The van der Waals surface area contributed by atoms with Crippen LogP contribution in [0.1, 0.15) is 30.4 Å². The maximum absolute atomic E-state index is 5.93. The van der Waals surface area contributed by atoms with Gasteiger partial charge in [0, 0.05) is 32.6 Å². The number of guanidine groups is 1. The molecule has 0 radical (unpaired) electrons. The average molecular weight is 499 g/mol. The molecule has 1 saturated heterocycles. The van der Waals surface area contributed by atoms with Crippen molar-refractivity contribution in [1.29, 1.82) is 0 Å². The van der Waals surface area contributed by atoms with Crippen molar-refractivity contribution in [3.63, 3.8) is 0 Å². The Morgan fingerprint density at radius 1 is 1.33 bits per heavy atom. The molecular formula is C21H30IN3OS. The minimum atomic E-state index is 0. The number of hydrogen-bond acceptors (Lipinski definition) is 3. The SMILES string of the molecule is CN=C(NCC(C)c1ccsc1)N1CCC(COCc2ccccc2)C1.I. The normalized spacial score (nSPS) is 18.2. The molecule has 0 aliphatic carbocycles. The van der Waals surface area contributed by atoms with Crippen LogP contribution < -0.4 is 5.32 Å². The van der Waals surface area contributed by atoms with E-state index in [1.54, 1.807) is 11.3 Å². The van der Waals surface area contributed by atoms with Gasteiger partial charge in [-0.25, -0.2) is 0 Å². The standard InChI is InChI=1S/C21H29N3OS.HI/c1-17(20-9-11-26-16-20)12-23-21(22-2)24-10-8-19(13-24)15-25-14-18-6-4-3-5-7-18;/h3-7,9,11,16-17,19H,8,10,12-15H2,1-2H3,(H,22,23);1H. The van der Waals surface area contributed by atoms with E-state index in [1.165, 1.54) is 11.1 Å². The van der Waals surface area contributed by atoms with E-state index >= 15 is 0 Å². The summed E-state index contributed by atoms with van der Waals surface area (Å²) in [4.78, 5) is 6.84. The number of nitrogens with zero attached hydrogens (tertiary/aromatic N) is 2. The van der Waals surface area contributed by atoms with Crippen LogP contribution in [-0.4, -0.2) is 44.1 Å². The quantitative estimate of drug-likeness (QED) is 0.344. The molecule has 3 rings (SSSR count). The summed E-state index contributed by atoms with van der Waals surface area (Å²) in [6, 6.07) is 12.6. The Balaban J connectivity index is 0.00000261. The van der Waals surface area contributed by atoms with Crippen LogP contribution in [0.3, 0.4) is 0 Å². The van der Waals surface area contributed by atoms with Gasteiger partial charge in [-0.1, -0.05) is 37.3 Å². The molecule has 1 aromatic heterocycles. The van der Waals surface area contributed by atoms with Crippen LogP contribution in [0.5, 0.6) is 0 Å². The highest BCUT2D eigenvalue weighted by Gasteiger charge is 2.25. The minimum absolute atomic E-state index is 0. The van der Waals surface area contributed by atoms with Gasteiger partial charge in [0.05, 0.1) is 13.2 Å². The lowest BCUT2D eigenvalue weighted by Crippen LogP contribution is -2.41. The van der Waals surface area contributed by atoms with Crippen molar-refractivity contribution < 1.29 is 4.74 Å². The molecular weight excluding hydrogens is 469 g/mol.